The summed E-state index contributed by atoms with van der Waals surface area (Å²) in [7, 11) is 6.42. The molecule has 0 radical (unpaired) electrons. The molecule has 494 valence electrons. The lowest BCUT2D eigenvalue weighted by Gasteiger charge is -2.20. The van der Waals surface area contributed by atoms with Crippen LogP contribution in [0.1, 0.15) is 381 Å². The van der Waals surface area contributed by atoms with Crippen LogP contribution in [-0.2, 0) is 23.8 Å². The summed E-state index contributed by atoms with van der Waals surface area (Å²) in [6.45, 7) is 13.8. The quantitative estimate of drug-likeness (QED) is 0.0365. The fraction of sp³-hybridized carbons (Fsp3) is 0.959. The van der Waals surface area contributed by atoms with Crippen molar-refractivity contribution in [2.24, 2.45) is 11.8 Å². The summed E-state index contributed by atoms with van der Waals surface area (Å²) in [5, 5.41) is 3.05. The maximum absolute atomic E-state index is 13.6. The van der Waals surface area contributed by atoms with Crippen molar-refractivity contribution in [2.75, 3.05) is 60.5 Å². The monoisotopic (exact) mass is 1170 g/mol. The number of esters is 2. The SMILES string of the molecule is CCCCCCCCCCCCC(CCCCCCCCCCCC)C(=O)OCCCCCC(CCCCCOC(=O)C(CCCCCCCCCCCC)CCCCCCCCCCCC)OC(=O)NCCCN(C)CCCCN(C)C. The molecule has 9 nitrogen and oxygen atoms in total. The number of amides is 1. The van der Waals surface area contributed by atoms with Crippen LogP contribution in [0.5, 0.6) is 0 Å². The molecule has 0 fully saturated rings. The van der Waals surface area contributed by atoms with E-state index in [2.05, 4.69) is 64.0 Å². The van der Waals surface area contributed by atoms with Gasteiger partial charge in [0, 0.05) is 6.54 Å². The standard InChI is InChI=1S/C74H147N3O6/c1-8-12-16-20-24-28-32-36-40-46-57-69(58-47-41-37-33-29-25-21-17-13-9-2)72(78)81-67-54-44-50-61-71(83-74(80)75-63-56-66-77(7)65-53-52-64-76(5)6)62-51-45-55-68-82-73(79)70(59-48-42-38-34-30-26-22-18-14-10-3)60-49-43-39-35-31-27-23-19-15-11-4/h69-71H,8-68H2,1-7H3,(H,75,80). The highest BCUT2D eigenvalue weighted by Gasteiger charge is 2.21. The molecule has 83 heavy (non-hydrogen) atoms. The zero-order valence-electron chi connectivity index (χ0n) is 57.2. The van der Waals surface area contributed by atoms with Gasteiger partial charge >= 0.3 is 18.0 Å². The third-order valence-corrected chi connectivity index (χ3v) is 17.8. The van der Waals surface area contributed by atoms with E-state index in [1.807, 2.05) is 0 Å². The Balaban J connectivity index is 5.26. The molecule has 0 aromatic rings. The number of hydrogen-bond donors (Lipinski definition) is 1. The van der Waals surface area contributed by atoms with Crippen LogP contribution in [0.3, 0.4) is 0 Å². The van der Waals surface area contributed by atoms with Crippen LogP contribution in [0.4, 0.5) is 4.79 Å². The fourth-order valence-electron chi connectivity index (χ4n) is 12.1. The molecule has 0 aliphatic rings. The van der Waals surface area contributed by atoms with Crippen molar-refractivity contribution in [3.63, 3.8) is 0 Å². The zero-order valence-corrected chi connectivity index (χ0v) is 57.2. The minimum Gasteiger partial charge on any atom is -0.465 e. The maximum Gasteiger partial charge on any atom is 0.407 e. The van der Waals surface area contributed by atoms with E-state index in [0.29, 0.717) is 19.8 Å². The third kappa shape index (κ3) is 60.2. The highest BCUT2D eigenvalue weighted by Crippen LogP contribution is 2.25. The first-order valence-electron chi connectivity index (χ1n) is 37.3. The number of carbonyl (C=O) groups excluding carboxylic acids is 3. The van der Waals surface area contributed by atoms with Gasteiger partial charge in [-0.05, 0) is 137 Å². The first-order valence-corrected chi connectivity index (χ1v) is 37.3. The summed E-state index contributed by atoms with van der Waals surface area (Å²) in [6.07, 6.45) is 66.0. The van der Waals surface area contributed by atoms with Gasteiger partial charge in [0.2, 0.25) is 0 Å². The minimum absolute atomic E-state index is 0.0228. The van der Waals surface area contributed by atoms with E-state index < -0.39 is 0 Å². The molecule has 0 heterocycles. The second-order valence-corrected chi connectivity index (χ2v) is 26.4. The summed E-state index contributed by atoms with van der Waals surface area (Å²) in [4.78, 5) is 45.0. The number of hydrogen-bond acceptors (Lipinski definition) is 8. The van der Waals surface area contributed by atoms with Gasteiger partial charge in [0.05, 0.1) is 25.0 Å². The molecule has 1 amide bonds. The van der Waals surface area contributed by atoms with Crippen molar-refractivity contribution in [1.29, 1.82) is 0 Å². The Morgan fingerprint density at radius 1 is 0.313 bits per heavy atom. The molecule has 0 rings (SSSR count). The van der Waals surface area contributed by atoms with E-state index in [1.165, 1.54) is 244 Å². The number of nitrogens with one attached hydrogen (secondary N) is 1. The number of nitrogens with zero attached hydrogens (tertiary/aromatic N) is 2. The van der Waals surface area contributed by atoms with Gasteiger partial charge in [0.1, 0.15) is 6.10 Å². The molecule has 0 aromatic carbocycles. The first kappa shape index (κ1) is 81.1. The van der Waals surface area contributed by atoms with E-state index in [1.54, 1.807) is 0 Å². The van der Waals surface area contributed by atoms with Crippen LogP contribution < -0.4 is 5.32 Å². The molecule has 0 aromatic heterocycles. The Morgan fingerprint density at radius 2 is 0.578 bits per heavy atom. The summed E-state index contributed by atoms with van der Waals surface area (Å²) in [5.74, 6) is 0.0948. The smallest absolute Gasteiger partial charge is 0.407 e. The molecular formula is C74H147N3O6. The summed E-state index contributed by atoms with van der Waals surface area (Å²) >= 11 is 0. The Hall–Kier alpha value is -1.87. The molecule has 0 bridgehead atoms. The van der Waals surface area contributed by atoms with Gasteiger partial charge in [0.15, 0.2) is 0 Å². The van der Waals surface area contributed by atoms with Crippen molar-refractivity contribution < 1.29 is 28.6 Å². The lowest BCUT2D eigenvalue weighted by molar-refractivity contribution is -0.150. The van der Waals surface area contributed by atoms with Gasteiger partial charge in [-0.3, -0.25) is 9.59 Å². The third-order valence-electron chi connectivity index (χ3n) is 17.8. The largest absolute Gasteiger partial charge is 0.465 e. The molecule has 9 heteroatoms. The normalized spacial score (nSPS) is 11.8. The Bertz CT molecular complexity index is 1210. The summed E-state index contributed by atoms with van der Waals surface area (Å²) in [5.41, 5.74) is 0. The fourth-order valence-corrected chi connectivity index (χ4v) is 12.1. The lowest BCUT2D eigenvalue weighted by atomic mass is 9.94. The van der Waals surface area contributed by atoms with Gasteiger partial charge in [-0.1, -0.05) is 285 Å². The van der Waals surface area contributed by atoms with Crippen LogP contribution in [0.2, 0.25) is 0 Å². The van der Waals surface area contributed by atoms with E-state index in [9.17, 15) is 14.4 Å². The number of carbonyl (C=O) groups is 3. The topological polar surface area (TPSA) is 97.4 Å². The van der Waals surface area contributed by atoms with Crippen LogP contribution in [0, 0.1) is 11.8 Å². The summed E-state index contributed by atoms with van der Waals surface area (Å²) < 4.78 is 18.2. The van der Waals surface area contributed by atoms with Crippen molar-refractivity contribution in [3.8, 4) is 0 Å². The molecular weight excluding hydrogens is 1030 g/mol. The zero-order chi connectivity index (χ0) is 60.6. The molecule has 0 aliphatic heterocycles. The van der Waals surface area contributed by atoms with Gasteiger partial charge in [0.25, 0.3) is 0 Å². The number of ether oxygens (including phenoxy) is 3. The first-order chi connectivity index (χ1) is 40.7. The molecule has 0 atom stereocenters. The Labute approximate surface area is 518 Å². The van der Waals surface area contributed by atoms with E-state index >= 15 is 0 Å². The van der Waals surface area contributed by atoms with E-state index in [-0.39, 0.29) is 36.0 Å². The molecule has 0 spiro atoms. The maximum atomic E-state index is 13.6. The lowest BCUT2D eigenvalue weighted by Crippen LogP contribution is -2.32. The molecule has 0 aliphatic carbocycles. The van der Waals surface area contributed by atoms with Gasteiger partial charge in [-0.2, -0.15) is 0 Å². The molecule has 0 saturated carbocycles. The van der Waals surface area contributed by atoms with E-state index in [0.717, 1.165) is 129 Å². The van der Waals surface area contributed by atoms with E-state index in [4.69, 9.17) is 14.2 Å². The average Bonchev–Trinajstić information content (AvgIpc) is 3.48. The van der Waals surface area contributed by atoms with Gasteiger partial charge in [-0.25, -0.2) is 4.79 Å². The Morgan fingerprint density at radius 3 is 0.892 bits per heavy atom. The van der Waals surface area contributed by atoms with Crippen molar-refractivity contribution in [3.05, 3.63) is 0 Å². The van der Waals surface area contributed by atoms with Crippen molar-refractivity contribution in [1.82, 2.24) is 15.1 Å². The molecule has 0 unspecified atom stereocenters. The van der Waals surface area contributed by atoms with Crippen LogP contribution in [-0.4, -0.2) is 94.5 Å². The number of unbranched alkanes of at least 4 members (excludes halogenated alkanes) is 41. The van der Waals surface area contributed by atoms with Crippen molar-refractivity contribution in [2.45, 2.75) is 387 Å². The van der Waals surface area contributed by atoms with Crippen molar-refractivity contribution >= 4 is 18.0 Å². The summed E-state index contributed by atoms with van der Waals surface area (Å²) in [6, 6.07) is 0. The predicted octanol–water partition coefficient (Wildman–Crippen LogP) is 22.4. The van der Waals surface area contributed by atoms with Gasteiger partial charge in [-0.15, -0.1) is 0 Å². The highest BCUT2D eigenvalue weighted by molar-refractivity contribution is 5.72. The second-order valence-electron chi connectivity index (χ2n) is 26.4. The molecule has 0 saturated heterocycles. The Kier molecular flexibility index (Phi) is 64.6. The van der Waals surface area contributed by atoms with Gasteiger partial charge < -0.3 is 29.3 Å². The number of rotatable bonds is 68. The number of alkyl carbamates (subject to hydrolysis) is 1. The minimum atomic E-state index is -0.321. The molecule has 1 N–H and O–H groups in total. The van der Waals surface area contributed by atoms with Crippen LogP contribution >= 0.6 is 0 Å². The van der Waals surface area contributed by atoms with Crippen LogP contribution in [0.15, 0.2) is 0 Å². The predicted molar refractivity (Wildman–Crippen MR) is 360 cm³/mol. The average molecular weight is 1180 g/mol. The highest BCUT2D eigenvalue weighted by atomic mass is 16.6. The second kappa shape index (κ2) is 66.1. The van der Waals surface area contributed by atoms with Crippen LogP contribution in [0.25, 0.3) is 0 Å².